The van der Waals surface area contributed by atoms with E-state index in [1.807, 2.05) is 0 Å². The van der Waals surface area contributed by atoms with Gasteiger partial charge < -0.3 is 0 Å². The topological polar surface area (TPSA) is 30.2 Å². The van der Waals surface area contributed by atoms with E-state index in [1.54, 1.807) is 20.8 Å². The van der Waals surface area contributed by atoms with Gasteiger partial charge in [-0.2, -0.15) is 22.0 Å². The summed E-state index contributed by atoms with van der Waals surface area (Å²) in [7, 11) is 0. The van der Waals surface area contributed by atoms with Crippen LogP contribution in [0.2, 0.25) is 0 Å². The number of fused-ring (bicyclic) bond motifs is 1. The monoisotopic (exact) mass is 293 g/mol. The van der Waals surface area contributed by atoms with Gasteiger partial charge in [0.05, 0.1) is 11.2 Å². The Morgan fingerprint density at radius 2 is 1.65 bits per heavy atom. The van der Waals surface area contributed by atoms with E-state index < -0.39 is 23.1 Å². The van der Waals surface area contributed by atoms with Gasteiger partial charge in [0.1, 0.15) is 0 Å². The highest BCUT2D eigenvalue weighted by atomic mass is 19.4. The molecule has 0 N–H and O–H groups in total. The molecule has 8 heteroatoms. The molecular weight excluding hydrogens is 281 g/mol. The number of halogens is 5. The van der Waals surface area contributed by atoms with Crippen molar-refractivity contribution < 1.29 is 22.0 Å². The lowest BCUT2D eigenvalue weighted by atomic mass is 9.91. The predicted molar refractivity (Wildman–Crippen MR) is 61.6 cm³/mol. The summed E-state index contributed by atoms with van der Waals surface area (Å²) in [5.74, 6) is -4.91. The lowest BCUT2D eigenvalue weighted by molar-refractivity contribution is -0.289. The Labute approximate surface area is 111 Å². The van der Waals surface area contributed by atoms with Crippen molar-refractivity contribution in [1.29, 1.82) is 0 Å². The van der Waals surface area contributed by atoms with Gasteiger partial charge in [0.25, 0.3) is 0 Å². The third-order valence-electron chi connectivity index (χ3n) is 2.85. The SMILES string of the molecule is CC(C)(C)c1nnn2ccc(C(F)(F)C(F)(F)F)cc12. The van der Waals surface area contributed by atoms with Gasteiger partial charge >= 0.3 is 12.1 Å². The molecule has 0 bridgehead atoms. The van der Waals surface area contributed by atoms with Gasteiger partial charge in [-0.1, -0.05) is 26.0 Å². The summed E-state index contributed by atoms with van der Waals surface area (Å²) < 4.78 is 65.1. The second-order valence-electron chi connectivity index (χ2n) is 5.51. The fourth-order valence-corrected chi connectivity index (χ4v) is 1.78. The fraction of sp³-hybridized carbons (Fsp3) is 0.500. The molecule has 0 radical (unpaired) electrons. The number of rotatable bonds is 1. The average molecular weight is 293 g/mol. The van der Waals surface area contributed by atoms with E-state index in [0.29, 0.717) is 11.8 Å². The molecule has 2 aromatic rings. The van der Waals surface area contributed by atoms with Crippen LogP contribution in [0.5, 0.6) is 0 Å². The Balaban J connectivity index is 2.65. The molecule has 0 spiro atoms. The third-order valence-corrected chi connectivity index (χ3v) is 2.85. The van der Waals surface area contributed by atoms with Crippen molar-refractivity contribution in [3.05, 3.63) is 29.6 Å². The number of pyridine rings is 1. The highest BCUT2D eigenvalue weighted by Gasteiger charge is 2.58. The summed E-state index contributed by atoms with van der Waals surface area (Å²) in [6, 6.07) is 1.48. The Morgan fingerprint density at radius 1 is 1.05 bits per heavy atom. The van der Waals surface area contributed by atoms with Gasteiger partial charge in [-0.3, -0.25) is 0 Å². The van der Waals surface area contributed by atoms with E-state index in [-0.39, 0.29) is 5.52 Å². The maximum Gasteiger partial charge on any atom is 0.458 e. The Bertz CT molecular complexity index is 637. The Hall–Kier alpha value is -1.73. The quantitative estimate of drug-likeness (QED) is 0.751. The molecule has 3 nitrogen and oxygen atoms in total. The second kappa shape index (κ2) is 4.13. The summed E-state index contributed by atoms with van der Waals surface area (Å²) in [6.07, 6.45) is -4.59. The van der Waals surface area contributed by atoms with Gasteiger partial charge in [0, 0.05) is 17.2 Å². The van der Waals surface area contributed by atoms with E-state index in [9.17, 15) is 22.0 Å². The summed E-state index contributed by atoms with van der Waals surface area (Å²) in [5.41, 5.74) is -1.14. The highest BCUT2D eigenvalue weighted by molar-refractivity contribution is 5.55. The van der Waals surface area contributed by atoms with Crippen LogP contribution in [-0.4, -0.2) is 21.0 Å². The molecule has 2 heterocycles. The largest absolute Gasteiger partial charge is 0.458 e. The molecule has 0 unspecified atom stereocenters. The van der Waals surface area contributed by atoms with Crippen molar-refractivity contribution in [3.8, 4) is 0 Å². The van der Waals surface area contributed by atoms with Crippen LogP contribution in [-0.2, 0) is 11.3 Å². The maximum absolute atomic E-state index is 13.4. The first-order chi connectivity index (χ1) is 8.94. The predicted octanol–water partition coefficient (Wildman–Crippen LogP) is 3.68. The summed E-state index contributed by atoms with van der Waals surface area (Å²) in [4.78, 5) is 0. The number of aromatic nitrogens is 3. The van der Waals surface area contributed by atoms with Gasteiger partial charge in [-0.15, -0.1) is 5.10 Å². The maximum atomic E-state index is 13.4. The molecule has 0 saturated carbocycles. The molecule has 0 fully saturated rings. The second-order valence-corrected chi connectivity index (χ2v) is 5.51. The molecule has 20 heavy (non-hydrogen) atoms. The Kier molecular flexibility index (Phi) is 3.03. The minimum absolute atomic E-state index is 0.138. The zero-order valence-electron chi connectivity index (χ0n) is 11.0. The van der Waals surface area contributed by atoms with Crippen LogP contribution in [0.4, 0.5) is 22.0 Å². The minimum Gasteiger partial charge on any atom is -0.220 e. The zero-order valence-corrected chi connectivity index (χ0v) is 11.0. The van der Waals surface area contributed by atoms with Crippen LogP contribution >= 0.6 is 0 Å². The highest BCUT2D eigenvalue weighted by Crippen LogP contribution is 2.44. The normalized spacial score (nSPS) is 14.0. The number of nitrogens with zero attached hydrogens (tertiary/aromatic N) is 3. The molecule has 0 amide bonds. The van der Waals surface area contributed by atoms with Crippen molar-refractivity contribution in [3.63, 3.8) is 0 Å². The van der Waals surface area contributed by atoms with Gasteiger partial charge in [-0.05, 0) is 12.1 Å². The average Bonchev–Trinajstić information content (AvgIpc) is 2.69. The van der Waals surface area contributed by atoms with Crippen LogP contribution in [0.15, 0.2) is 18.3 Å². The van der Waals surface area contributed by atoms with E-state index in [0.717, 1.165) is 12.3 Å². The van der Waals surface area contributed by atoms with Crippen molar-refractivity contribution in [2.24, 2.45) is 0 Å². The van der Waals surface area contributed by atoms with E-state index in [1.165, 1.54) is 4.52 Å². The minimum atomic E-state index is -5.64. The van der Waals surface area contributed by atoms with Gasteiger partial charge in [0.2, 0.25) is 0 Å². The van der Waals surface area contributed by atoms with Crippen LogP contribution < -0.4 is 0 Å². The van der Waals surface area contributed by atoms with E-state index in [4.69, 9.17) is 0 Å². The van der Waals surface area contributed by atoms with Crippen LogP contribution in [0.25, 0.3) is 5.52 Å². The first-order valence-corrected chi connectivity index (χ1v) is 5.75. The number of alkyl halides is 5. The smallest absolute Gasteiger partial charge is 0.220 e. The van der Waals surface area contributed by atoms with Crippen molar-refractivity contribution in [2.75, 3.05) is 0 Å². The third kappa shape index (κ3) is 2.23. The lowest BCUT2D eigenvalue weighted by Gasteiger charge is -2.20. The zero-order chi connectivity index (χ0) is 15.3. The van der Waals surface area contributed by atoms with Crippen molar-refractivity contribution >= 4 is 5.52 Å². The van der Waals surface area contributed by atoms with Crippen LogP contribution in [0, 0.1) is 0 Å². The molecule has 110 valence electrons. The van der Waals surface area contributed by atoms with E-state index >= 15 is 0 Å². The first-order valence-electron chi connectivity index (χ1n) is 5.75. The molecule has 0 atom stereocenters. The van der Waals surface area contributed by atoms with Crippen LogP contribution in [0.1, 0.15) is 32.0 Å². The van der Waals surface area contributed by atoms with Gasteiger partial charge in [-0.25, -0.2) is 4.52 Å². The molecule has 0 saturated heterocycles. The molecule has 0 aliphatic carbocycles. The Morgan fingerprint density at radius 3 is 2.15 bits per heavy atom. The molecule has 0 aromatic carbocycles. The molecule has 2 rings (SSSR count). The van der Waals surface area contributed by atoms with Gasteiger partial charge in [0.15, 0.2) is 0 Å². The number of hydrogen-bond donors (Lipinski definition) is 0. The summed E-state index contributed by atoms with van der Waals surface area (Å²) in [6.45, 7) is 5.31. The standard InChI is InChI=1S/C12H12F5N3/c1-10(2,3)9-8-6-7(4-5-20(8)19-18-9)11(13,14)12(15,16)17/h4-6H,1-3H3. The molecular formula is C12H12F5N3. The fourth-order valence-electron chi connectivity index (χ4n) is 1.78. The van der Waals surface area contributed by atoms with Crippen molar-refractivity contribution in [1.82, 2.24) is 14.8 Å². The molecule has 0 aliphatic rings. The number of hydrogen-bond acceptors (Lipinski definition) is 2. The molecule has 0 aliphatic heterocycles. The first kappa shape index (κ1) is 14.7. The molecule has 2 aromatic heterocycles. The summed E-state index contributed by atoms with van der Waals surface area (Å²) >= 11 is 0. The van der Waals surface area contributed by atoms with Crippen LogP contribution in [0.3, 0.4) is 0 Å². The summed E-state index contributed by atoms with van der Waals surface area (Å²) in [5, 5.41) is 7.55. The van der Waals surface area contributed by atoms with Crippen molar-refractivity contribution in [2.45, 2.75) is 38.3 Å². The lowest BCUT2D eigenvalue weighted by Crippen LogP contribution is -2.33. The van der Waals surface area contributed by atoms with E-state index in [2.05, 4.69) is 10.3 Å².